The van der Waals surface area contributed by atoms with Crippen LogP contribution in [-0.2, 0) is 26.2 Å². The van der Waals surface area contributed by atoms with E-state index in [1.807, 2.05) is 17.2 Å². The summed E-state index contributed by atoms with van der Waals surface area (Å²) in [6, 6.07) is 8.89. The van der Waals surface area contributed by atoms with Crippen LogP contribution in [0.15, 0.2) is 59.8 Å². The molecule has 1 unspecified atom stereocenters. The molecule has 1 atom stereocenters. The van der Waals surface area contributed by atoms with Crippen LogP contribution < -0.4 is 35.2 Å². The zero-order valence-electron chi connectivity index (χ0n) is 31.7. The van der Waals surface area contributed by atoms with Crippen molar-refractivity contribution in [1.29, 1.82) is 0 Å². The number of imide groups is 2. The summed E-state index contributed by atoms with van der Waals surface area (Å²) in [6.07, 6.45) is 6.56. The van der Waals surface area contributed by atoms with Gasteiger partial charge in [-0.3, -0.25) is 44.0 Å². The van der Waals surface area contributed by atoms with Crippen molar-refractivity contribution < 1.29 is 47.8 Å². The van der Waals surface area contributed by atoms with E-state index in [4.69, 9.17) is 23.8 Å². The molecule has 7 rings (SSSR count). The van der Waals surface area contributed by atoms with E-state index in [1.54, 1.807) is 52.0 Å². The van der Waals surface area contributed by atoms with Crippen LogP contribution in [0, 0.1) is 0 Å². The summed E-state index contributed by atoms with van der Waals surface area (Å²) in [5.74, 6) is -0.783. The average Bonchev–Trinajstić information content (AvgIpc) is 3.46. The van der Waals surface area contributed by atoms with E-state index in [0.717, 1.165) is 21.4 Å². The van der Waals surface area contributed by atoms with Crippen molar-refractivity contribution in [3.63, 3.8) is 0 Å². The minimum Gasteiger partial charge on any atom is -0.493 e. The quantitative estimate of drug-likeness (QED) is 0.140. The Morgan fingerprint density at radius 3 is 2.33 bits per heavy atom. The third-order valence-electron chi connectivity index (χ3n) is 10.2. The van der Waals surface area contributed by atoms with Crippen molar-refractivity contribution in [2.24, 2.45) is 7.05 Å². The number of rotatable bonds is 14. The van der Waals surface area contributed by atoms with Crippen LogP contribution in [0.5, 0.6) is 23.0 Å². The lowest BCUT2D eigenvalue weighted by Crippen LogP contribution is -2.54. The van der Waals surface area contributed by atoms with Gasteiger partial charge in [0.1, 0.15) is 18.4 Å². The molecule has 2 saturated heterocycles. The number of hydrogen-bond acceptors (Lipinski definition) is 13. The number of benzene rings is 2. The molecule has 0 spiro atoms. The molecule has 298 valence electrons. The number of carbonyl (C=O) groups excluding carboxylic acids is 5. The number of amides is 5. The van der Waals surface area contributed by atoms with Gasteiger partial charge < -0.3 is 33.7 Å². The molecule has 3 aliphatic rings. The second-order valence-electron chi connectivity index (χ2n) is 13.8. The molecule has 17 heteroatoms. The molecule has 17 nitrogen and oxygen atoms in total. The molecular weight excluding hydrogens is 740 g/mol. The molecule has 0 bridgehead atoms. The van der Waals surface area contributed by atoms with Crippen LogP contribution in [0.2, 0.25) is 0 Å². The number of hydroxylamine groups is 2. The summed E-state index contributed by atoms with van der Waals surface area (Å²) in [7, 11) is 4.80. The van der Waals surface area contributed by atoms with Crippen LogP contribution in [0.4, 0.5) is 0 Å². The van der Waals surface area contributed by atoms with E-state index in [9.17, 15) is 28.8 Å². The lowest BCUT2D eigenvalue weighted by molar-refractivity contribution is -0.136. The maximum atomic E-state index is 13.0. The zero-order valence-corrected chi connectivity index (χ0v) is 31.7. The van der Waals surface area contributed by atoms with E-state index in [1.165, 1.54) is 16.7 Å². The second kappa shape index (κ2) is 16.8. The number of aromatic nitrogens is 2. The molecule has 4 aromatic rings. The molecule has 57 heavy (non-hydrogen) atoms. The number of pyridine rings is 2. The Labute approximate surface area is 326 Å². The van der Waals surface area contributed by atoms with Crippen LogP contribution in [0.1, 0.15) is 52.8 Å². The summed E-state index contributed by atoms with van der Waals surface area (Å²) in [6.45, 7) is 1.59. The number of nitrogens with one attached hydrogen (secondary N) is 2. The van der Waals surface area contributed by atoms with Gasteiger partial charge in [0.2, 0.25) is 23.5 Å². The summed E-state index contributed by atoms with van der Waals surface area (Å²) in [5, 5.41) is 8.30. The number of aryl methyl sites for hydroxylation is 1. The smallest absolute Gasteiger partial charge is 0.262 e. The van der Waals surface area contributed by atoms with Gasteiger partial charge >= 0.3 is 0 Å². The normalized spacial score (nSPS) is 17.4. The van der Waals surface area contributed by atoms with E-state index in [2.05, 4.69) is 15.6 Å². The summed E-state index contributed by atoms with van der Waals surface area (Å²) < 4.78 is 24.3. The van der Waals surface area contributed by atoms with E-state index < -0.39 is 29.7 Å². The van der Waals surface area contributed by atoms with Crippen molar-refractivity contribution in [3.05, 3.63) is 76.5 Å². The predicted molar refractivity (Wildman–Crippen MR) is 203 cm³/mol. The number of hydrogen-bond donors (Lipinski definition) is 2. The van der Waals surface area contributed by atoms with E-state index >= 15 is 0 Å². The molecule has 5 amide bonds. The standard InChI is InChI=1S/C40H42N6O11/c1-44-22-30(26-8-12-41-21-29(26)38(44)50)23-18-32(53-2)36(33(19-23)54-3)57-45-13-9-24(10-14-45)42-35(48)11-15-55-16-17-56-25-4-5-27-28(20-25)40(52)46(39(27)51)31-6-7-34(47)43-37(31)49/h4-5,8,12,18-22,24,31H,6-7,9-11,13-17H2,1-3H3,(H,42,48)(H,43,47,49). The third-order valence-corrected chi connectivity index (χ3v) is 10.2. The van der Waals surface area contributed by atoms with Crippen molar-refractivity contribution in [1.82, 2.24) is 30.1 Å². The molecule has 0 aliphatic carbocycles. The van der Waals surface area contributed by atoms with Gasteiger partial charge in [-0.25, -0.2) is 0 Å². The van der Waals surface area contributed by atoms with Crippen molar-refractivity contribution in [3.8, 4) is 34.1 Å². The second-order valence-corrected chi connectivity index (χ2v) is 13.8. The van der Waals surface area contributed by atoms with Crippen molar-refractivity contribution >= 4 is 40.3 Å². The lowest BCUT2D eigenvalue weighted by Gasteiger charge is -2.32. The van der Waals surface area contributed by atoms with E-state index in [-0.39, 0.29) is 67.7 Å². The fraction of sp³-hybridized carbons (Fsp3) is 0.375. The Balaban J connectivity index is 0.844. The SMILES string of the molecule is COc1cc(-c2cn(C)c(=O)c3cnccc23)cc(OC)c1ON1CCC(NC(=O)CCOCCOc2ccc3c(c2)C(=O)N(C2CCC(=O)NC2=O)C3=O)CC1. The topological polar surface area (TPSA) is 197 Å². The minimum absolute atomic E-state index is 0.0401. The highest BCUT2D eigenvalue weighted by Gasteiger charge is 2.44. The largest absolute Gasteiger partial charge is 0.493 e. The Bertz CT molecular complexity index is 2280. The third kappa shape index (κ3) is 8.15. The van der Waals surface area contributed by atoms with Crippen LogP contribution in [0.3, 0.4) is 0 Å². The highest BCUT2D eigenvalue weighted by Crippen LogP contribution is 2.43. The monoisotopic (exact) mass is 782 g/mol. The molecular formula is C40H42N6O11. The zero-order chi connectivity index (χ0) is 40.2. The number of piperidine rings is 2. The van der Waals surface area contributed by atoms with Gasteiger partial charge in [-0.2, -0.15) is 0 Å². The number of ether oxygens (including phenoxy) is 4. The van der Waals surface area contributed by atoms with Crippen molar-refractivity contribution in [2.75, 3.05) is 47.1 Å². The Morgan fingerprint density at radius 2 is 1.61 bits per heavy atom. The summed E-state index contributed by atoms with van der Waals surface area (Å²) in [4.78, 5) is 86.5. The number of fused-ring (bicyclic) bond motifs is 2. The van der Waals surface area contributed by atoms with Gasteiger partial charge in [0.25, 0.3) is 17.4 Å². The van der Waals surface area contributed by atoms with Crippen molar-refractivity contribution in [2.45, 2.75) is 44.2 Å². The minimum atomic E-state index is -1.04. The first-order chi connectivity index (χ1) is 27.6. The van der Waals surface area contributed by atoms with Crippen LogP contribution >= 0.6 is 0 Å². The first kappa shape index (κ1) is 38.9. The number of carbonyl (C=O) groups is 5. The lowest BCUT2D eigenvalue weighted by atomic mass is 10.0. The van der Waals surface area contributed by atoms with Gasteiger partial charge in [-0.1, -0.05) is 0 Å². The Morgan fingerprint density at radius 1 is 0.877 bits per heavy atom. The van der Waals surface area contributed by atoms with E-state index in [0.29, 0.717) is 54.3 Å². The molecule has 2 aromatic heterocycles. The fourth-order valence-electron chi connectivity index (χ4n) is 7.21. The maximum absolute atomic E-state index is 13.0. The van der Waals surface area contributed by atoms with Gasteiger partial charge in [0.05, 0.1) is 43.9 Å². The molecule has 0 saturated carbocycles. The molecule has 5 heterocycles. The average molecular weight is 783 g/mol. The van der Waals surface area contributed by atoms with Gasteiger partial charge in [0, 0.05) is 63.2 Å². The van der Waals surface area contributed by atoms with Crippen LogP contribution in [0.25, 0.3) is 21.9 Å². The first-order valence-corrected chi connectivity index (χ1v) is 18.5. The molecule has 0 radical (unpaired) electrons. The fourth-order valence-corrected chi connectivity index (χ4v) is 7.21. The highest BCUT2D eigenvalue weighted by molar-refractivity contribution is 6.23. The number of methoxy groups -OCH3 is 2. The molecule has 2 fully saturated rings. The molecule has 2 aromatic carbocycles. The number of nitrogens with zero attached hydrogens (tertiary/aromatic N) is 4. The first-order valence-electron chi connectivity index (χ1n) is 18.5. The highest BCUT2D eigenvalue weighted by atomic mass is 16.7. The Kier molecular flexibility index (Phi) is 11.5. The Hall–Kier alpha value is -6.33. The predicted octanol–water partition coefficient (Wildman–Crippen LogP) is 2.38. The maximum Gasteiger partial charge on any atom is 0.262 e. The summed E-state index contributed by atoms with van der Waals surface area (Å²) in [5.41, 5.74) is 1.73. The van der Waals surface area contributed by atoms with Crippen LogP contribution in [-0.4, -0.2) is 108 Å². The van der Waals surface area contributed by atoms with Gasteiger partial charge in [-0.15, -0.1) is 5.06 Å². The van der Waals surface area contributed by atoms with Gasteiger partial charge in [0.15, 0.2) is 11.5 Å². The van der Waals surface area contributed by atoms with Gasteiger partial charge in [-0.05, 0) is 66.6 Å². The molecule has 2 N–H and O–H groups in total. The summed E-state index contributed by atoms with van der Waals surface area (Å²) >= 11 is 0. The molecule has 3 aliphatic heterocycles.